The van der Waals surface area contributed by atoms with Gasteiger partial charge in [-0.3, -0.25) is 0 Å². The largest absolute Gasteiger partial charge is 0.423 e. The molecule has 0 spiro atoms. The third-order valence-corrected chi connectivity index (χ3v) is 4.72. The fourth-order valence-electron chi connectivity index (χ4n) is 2.45. The van der Waals surface area contributed by atoms with Gasteiger partial charge in [-0.1, -0.05) is 65.8 Å². The summed E-state index contributed by atoms with van der Waals surface area (Å²) in [5.41, 5.74) is 3.22. The lowest BCUT2D eigenvalue weighted by Gasteiger charge is -2.23. The lowest BCUT2D eigenvalue weighted by atomic mass is 9.82. The third kappa shape index (κ3) is 4.25. The van der Waals surface area contributed by atoms with Crippen molar-refractivity contribution in [2.75, 3.05) is 0 Å². The van der Waals surface area contributed by atoms with Gasteiger partial charge in [0.25, 0.3) is 0 Å². The van der Waals surface area contributed by atoms with E-state index < -0.39 is 0 Å². The second-order valence-corrected chi connectivity index (χ2v) is 7.98. The first-order chi connectivity index (χ1) is 11.1. The highest BCUT2D eigenvalue weighted by atomic mass is 16.5. The maximum Gasteiger partial charge on any atom is 0.343 e. The first-order valence-corrected chi connectivity index (χ1v) is 8.57. The van der Waals surface area contributed by atoms with Crippen molar-refractivity contribution in [3.63, 3.8) is 0 Å². The number of benzene rings is 2. The Morgan fingerprint density at radius 1 is 0.833 bits per heavy atom. The molecule has 0 saturated carbocycles. The van der Waals surface area contributed by atoms with Crippen molar-refractivity contribution in [2.24, 2.45) is 0 Å². The van der Waals surface area contributed by atoms with Gasteiger partial charge in [0.2, 0.25) is 0 Å². The Balaban J connectivity index is 2.10. The van der Waals surface area contributed by atoms with E-state index in [4.69, 9.17) is 4.74 Å². The van der Waals surface area contributed by atoms with E-state index in [1.807, 2.05) is 48.5 Å². The van der Waals surface area contributed by atoms with Gasteiger partial charge in [0.15, 0.2) is 0 Å². The molecule has 0 radical (unpaired) electrons. The van der Waals surface area contributed by atoms with Gasteiger partial charge >= 0.3 is 5.97 Å². The van der Waals surface area contributed by atoms with E-state index >= 15 is 0 Å². The molecule has 0 N–H and O–H groups in total. The van der Waals surface area contributed by atoms with Crippen LogP contribution in [0.2, 0.25) is 0 Å². The molecule has 0 amide bonds. The van der Waals surface area contributed by atoms with Crippen molar-refractivity contribution < 1.29 is 9.53 Å². The molecule has 2 nitrogen and oxygen atoms in total. The van der Waals surface area contributed by atoms with Crippen LogP contribution < -0.4 is 4.74 Å². The molecule has 2 rings (SSSR count). The smallest absolute Gasteiger partial charge is 0.343 e. The minimum atomic E-state index is -0.321. The summed E-state index contributed by atoms with van der Waals surface area (Å²) in [7, 11) is 0. The van der Waals surface area contributed by atoms with Crippen LogP contribution in [0, 0.1) is 0 Å². The van der Waals surface area contributed by atoms with E-state index in [1.54, 1.807) is 0 Å². The highest BCUT2D eigenvalue weighted by molar-refractivity contribution is 5.91. The Labute approximate surface area is 145 Å². The van der Waals surface area contributed by atoms with Crippen molar-refractivity contribution in [1.29, 1.82) is 0 Å². The molecule has 0 aliphatic rings. The van der Waals surface area contributed by atoms with E-state index in [1.165, 1.54) is 11.1 Å². The molecule has 0 unspecified atom stereocenters. The number of carbonyl (C=O) groups excluding carboxylic acids is 1. The fraction of sp³-hybridized carbons (Fsp3) is 0.409. The molecule has 0 aliphatic heterocycles. The molecule has 0 aromatic heterocycles. The van der Waals surface area contributed by atoms with Gasteiger partial charge in [-0.05, 0) is 52.6 Å². The van der Waals surface area contributed by atoms with Crippen LogP contribution in [0.1, 0.15) is 69.4 Å². The Morgan fingerprint density at radius 2 is 1.33 bits per heavy atom. The summed E-state index contributed by atoms with van der Waals surface area (Å²) in [5, 5.41) is 0. The summed E-state index contributed by atoms with van der Waals surface area (Å²) >= 11 is 0. The number of hydrogen-bond acceptors (Lipinski definition) is 2. The number of hydrogen-bond donors (Lipinski definition) is 0. The summed E-state index contributed by atoms with van der Waals surface area (Å²) in [6, 6.07) is 15.5. The van der Waals surface area contributed by atoms with Crippen molar-refractivity contribution in [3.05, 3.63) is 65.2 Å². The molecule has 0 saturated heterocycles. The average Bonchev–Trinajstić information content (AvgIpc) is 2.54. The normalized spacial score (nSPS) is 12.1. The number of ether oxygens (including phenoxy) is 1. The molecule has 0 aliphatic carbocycles. The topological polar surface area (TPSA) is 26.3 Å². The molecule has 0 heterocycles. The van der Waals surface area contributed by atoms with Gasteiger partial charge in [0, 0.05) is 0 Å². The quantitative estimate of drug-likeness (QED) is 0.517. The van der Waals surface area contributed by atoms with Crippen LogP contribution in [-0.4, -0.2) is 5.97 Å². The second-order valence-electron chi connectivity index (χ2n) is 7.98. The molecule has 0 bridgehead atoms. The number of rotatable bonds is 4. The van der Waals surface area contributed by atoms with Crippen LogP contribution in [0.5, 0.6) is 5.75 Å². The summed E-state index contributed by atoms with van der Waals surface area (Å²) in [6.07, 6.45) is 1.06. The van der Waals surface area contributed by atoms with Crippen LogP contribution in [0.3, 0.4) is 0 Å². The minimum Gasteiger partial charge on any atom is -0.423 e. The van der Waals surface area contributed by atoms with Crippen LogP contribution >= 0.6 is 0 Å². The Kier molecular flexibility index (Phi) is 5.17. The monoisotopic (exact) mass is 324 g/mol. The van der Waals surface area contributed by atoms with Gasteiger partial charge in [-0.2, -0.15) is 0 Å². The minimum absolute atomic E-state index is 0.0738. The van der Waals surface area contributed by atoms with Gasteiger partial charge in [-0.15, -0.1) is 0 Å². The standard InChI is InChI=1S/C22H28O2/c1-7-22(5,6)18-12-14-19(15-13-18)24-20(23)16-8-10-17(11-9-16)21(2,3)4/h8-15H,7H2,1-6H3. The summed E-state index contributed by atoms with van der Waals surface area (Å²) < 4.78 is 5.49. The molecular weight excluding hydrogens is 296 g/mol. The average molecular weight is 324 g/mol. The van der Waals surface area contributed by atoms with Gasteiger partial charge < -0.3 is 4.74 Å². The predicted octanol–water partition coefficient (Wildman–Crippen LogP) is 5.89. The van der Waals surface area contributed by atoms with Gasteiger partial charge in [0.1, 0.15) is 5.75 Å². The molecule has 2 heteroatoms. The summed E-state index contributed by atoms with van der Waals surface area (Å²) in [6.45, 7) is 13.1. The molecule has 0 fully saturated rings. The van der Waals surface area contributed by atoms with Crippen molar-refractivity contribution in [3.8, 4) is 5.75 Å². The van der Waals surface area contributed by atoms with E-state index in [9.17, 15) is 4.79 Å². The molecule has 2 aromatic carbocycles. The predicted molar refractivity (Wildman–Crippen MR) is 99.9 cm³/mol. The molecule has 128 valence electrons. The number of esters is 1. The van der Waals surface area contributed by atoms with E-state index in [0.717, 1.165) is 6.42 Å². The lowest BCUT2D eigenvalue weighted by molar-refractivity contribution is 0.0734. The van der Waals surface area contributed by atoms with Crippen molar-refractivity contribution in [2.45, 2.75) is 58.8 Å². The molecule has 24 heavy (non-hydrogen) atoms. The van der Waals surface area contributed by atoms with Crippen LogP contribution in [0.25, 0.3) is 0 Å². The maximum absolute atomic E-state index is 12.3. The van der Waals surface area contributed by atoms with E-state index in [0.29, 0.717) is 11.3 Å². The highest BCUT2D eigenvalue weighted by Gasteiger charge is 2.18. The third-order valence-electron chi connectivity index (χ3n) is 4.72. The van der Waals surface area contributed by atoms with Gasteiger partial charge in [0.05, 0.1) is 5.56 Å². The first-order valence-electron chi connectivity index (χ1n) is 8.57. The molecule has 2 aromatic rings. The summed E-state index contributed by atoms with van der Waals surface area (Å²) in [5.74, 6) is 0.258. The van der Waals surface area contributed by atoms with Crippen LogP contribution in [0.15, 0.2) is 48.5 Å². The SMILES string of the molecule is CCC(C)(C)c1ccc(OC(=O)c2ccc(C(C)(C)C)cc2)cc1. The first kappa shape index (κ1) is 18.3. The highest BCUT2D eigenvalue weighted by Crippen LogP contribution is 2.28. The van der Waals surface area contributed by atoms with Gasteiger partial charge in [-0.25, -0.2) is 4.79 Å². The maximum atomic E-state index is 12.3. The molecular formula is C22H28O2. The Bertz CT molecular complexity index is 686. The molecule has 0 atom stereocenters. The van der Waals surface area contributed by atoms with E-state index in [2.05, 4.69) is 41.5 Å². The van der Waals surface area contributed by atoms with Crippen molar-refractivity contribution >= 4 is 5.97 Å². The van der Waals surface area contributed by atoms with Crippen molar-refractivity contribution in [1.82, 2.24) is 0 Å². The Hall–Kier alpha value is -2.09. The Morgan fingerprint density at radius 3 is 1.79 bits per heavy atom. The number of carbonyl (C=O) groups is 1. The fourth-order valence-corrected chi connectivity index (χ4v) is 2.45. The zero-order valence-electron chi connectivity index (χ0n) is 15.6. The summed E-state index contributed by atoms with van der Waals surface area (Å²) in [4.78, 5) is 12.3. The zero-order valence-corrected chi connectivity index (χ0v) is 15.6. The van der Waals surface area contributed by atoms with Crippen LogP contribution in [-0.2, 0) is 10.8 Å². The lowest BCUT2D eigenvalue weighted by Crippen LogP contribution is -2.15. The van der Waals surface area contributed by atoms with Crippen LogP contribution in [0.4, 0.5) is 0 Å². The zero-order chi connectivity index (χ0) is 18.0. The second kappa shape index (κ2) is 6.80. The van der Waals surface area contributed by atoms with E-state index in [-0.39, 0.29) is 16.8 Å².